The third-order valence-corrected chi connectivity index (χ3v) is 3.11. The van der Waals surface area contributed by atoms with E-state index < -0.39 is 0 Å². The van der Waals surface area contributed by atoms with E-state index in [4.69, 9.17) is 0 Å². The van der Waals surface area contributed by atoms with Gasteiger partial charge in [-0.15, -0.1) is 0 Å². The molecule has 1 heterocycles. The van der Waals surface area contributed by atoms with E-state index >= 15 is 0 Å². The topological polar surface area (TPSA) is 59.8 Å². The van der Waals surface area contributed by atoms with Crippen LogP contribution in [0.1, 0.15) is 33.1 Å². The van der Waals surface area contributed by atoms with Crippen LogP contribution in [0.4, 0.5) is 0 Å². The van der Waals surface area contributed by atoms with E-state index in [9.17, 15) is 4.79 Å². The standard InChI is InChI=1S/C11H18N4O/c1-11(2)4-3-9(5-11)14-10(16)6-15-8-12-7-13-15/h7-9H,3-6H2,1-2H3,(H,14,16). The minimum Gasteiger partial charge on any atom is -0.352 e. The van der Waals surface area contributed by atoms with Crippen LogP contribution in [0.25, 0.3) is 0 Å². The molecule has 1 aromatic rings. The van der Waals surface area contributed by atoms with Gasteiger partial charge < -0.3 is 5.32 Å². The molecule has 16 heavy (non-hydrogen) atoms. The van der Waals surface area contributed by atoms with Crippen LogP contribution in [0.3, 0.4) is 0 Å². The number of aromatic nitrogens is 3. The predicted molar refractivity (Wildman–Crippen MR) is 59.6 cm³/mol. The summed E-state index contributed by atoms with van der Waals surface area (Å²) in [5, 5.41) is 6.95. The van der Waals surface area contributed by atoms with Crippen molar-refractivity contribution in [2.75, 3.05) is 0 Å². The Morgan fingerprint density at radius 1 is 1.62 bits per heavy atom. The van der Waals surface area contributed by atoms with Crippen molar-refractivity contribution in [3.8, 4) is 0 Å². The number of nitrogens with one attached hydrogen (secondary N) is 1. The first-order chi connectivity index (χ1) is 7.55. The first-order valence-corrected chi connectivity index (χ1v) is 5.67. The molecule has 0 radical (unpaired) electrons. The van der Waals surface area contributed by atoms with Crippen molar-refractivity contribution in [2.45, 2.75) is 45.7 Å². The zero-order valence-corrected chi connectivity index (χ0v) is 9.81. The van der Waals surface area contributed by atoms with Gasteiger partial charge in [-0.3, -0.25) is 4.79 Å². The molecule has 1 aliphatic rings. The van der Waals surface area contributed by atoms with Crippen molar-refractivity contribution < 1.29 is 4.79 Å². The Labute approximate surface area is 95.2 Å². The van der Waals surface area contributed by atoms with Crippen LogP contribution in [-0.2, 0) is 11.3 Å². The van der Waals surface area contributed by atoms with Crippen molar-refractivity contribution in [3.05, 3.63) is 12.7 Å². The quantitative estimate of drug-likeness (QED) is 0.829. The third kappa shape index (κ3) is 2.81. The molecule has 1 saturated carbocycles. The van der Waals surface area contributed by atoms with Gasteiger partial charge in [-0.1, -0.05) is 13.8 Å². The zero-order chi connectivity index (χ0) is 11.6. The molecule has 1 aromatic heterocycles. The molecule has 0 aliphatic heterocycles. The molecule has 0 spiro atoms. The Hall–Kier alpha value is -1.39. The van der Waals surface area contributed by atoms with Gasteiger partial charge in [0.1, 0.15) is 19.2 Å². The lowest BCUT2D eigenvalue weighted by molar-refractivity contribution is -0.122. The molecule has 5 heteroatoms. The second kappa shape index (κ2) is 4.23. The molecule has 88 valence electrons. The third-order valence-electron chi connectivity index (χ3n) is 3.11. The number of nitrogens with zero attached hydrogens (tertiary/aromatic N) is 3. The highest BCUT2D eigenvalue weighted by Gasteiger charge is 2.31. The Kier molecular flexibility index (Phi) is 2.94. The minimum atomic E-state index is 0.0215. The fourth-order valence-electron chi connectivity index (χ4n) is 2.29. The lowest BCUT2D eigenvalue weighted by atomic mass is 9.92. The van der Waals surface area contributed by atoms with Crippen LogP contribution in [0.2, 0.25) is 0 Å². The average Bonchev–Trinajstić information content (AvgIpc) is 2.76. The van der Waals surface area contributed by atoms with Crippen LogP contribution in [0.5, 0.6) is 0 Å². The highest BCUT2D eigenvalue weighted by Crippen LogP contribution is 2.36. The zero-order valence-electron chi connectivity index (χ0n) is 9.81. The second-order valence-corrected chi connectivity index (χ2v) is 5.26. The largest absolute Gasteiger partial charge is 0.352 e. The van der Waals surface area contributed by atoms with Crippen molar-refractivity contribution in [1.29, 1.82) is 0 Å². The van der Waals surface area contributed by atoms with Crippen LogP contribution in [0.15, 0.2) is 12.7 Å². The maximum atomic E-state index is 11.7. The Morgan fingerprint density at radius 3 is 3.00 bits per heavy atom. The molecule has 1 N–H and O–H groups in total. The van der Waals surface area contributed by atoms with Gasteiger partial charge in [0.15, 0.2) is 0 Å². The van der Waals surface area contributed by atoms with E-state index in [-0.39, 0.29) is 12.5 Å². The Morgan fingerprint density at radius 2 is 2.44 bits per heavy atom. The monoisotopic (exact) mass is 222 g/mol. The molecule has 1 amide bonds. The van der Waals surface area contributed by atoms with E-state index in [1.54, 1.807) is 6.33 Å². The molecule has 2 rings (SSSR count). The van der Waals surface area contributed by atoms with Crippen LogP contribution in [0, 0.1) is 5.41 Å². The van der Waals surface area contributed by atoms with Gasteiger partial charge in [0.2, 0.25) is 5.91 Å². The Balaban J connectivity index is 1.80. The summed E-state index contributed by atoms with van der Waals surface area (Å²) in [6.45, 7) is 4.75. The molecule has 1 atom stereocenters. The molecule has 0 bridgehead atoms. The number of rotatable bonds is 3. The summed E-state index contributed by atoms with van der Waals surface area (Å²) in [7, 11) is 0. The summed E-state index contributed by atoms with van der Waals surface area (Å²) in [4.78, 5) is 15.5. The van der Waals surface area contributed by atoms with Crippen LogP contribution in [-0.4, -0.2) is 26.7 Å². The number of hydrogen-bond acceptors (Lipinski definition) is 3. The summed E-state index contributed by atoms with van der Waals surface area (Å²) in [5.41, 5.74) is 0.366. The van der Waals surface area contributed by atoms with Crippen LogP contribution >= 0.6 is 0 Å². The molecular weight excluding hydrogens is 204 g/mol. The number of hydrogen-bond donors (Lipinski definition) is 1. The van der Waals surface area contributed by atoms with E-state index in [0.29, 0.717) is 11.5 Å². The van der Waals surface area contributed by atoms with Gasteiger partial charge in [0.05, 0.1) is 0 Å². The fourth-order valence-corrected chi connectivity index (χ4v) is 2.29. The van der Waals surface area contributed by atoms with Crippen molar-refractivity contribution in [1.82, 2.24) is 20.1 Å². The summed E-state index contributed by atoms with van der Waals surface area (Å²) in [6.07, 6.45) is 6.32. The van der Waals surface area contributed by atoms with Gasteiger partial charge in [-0.05, 0) is 24.7 Å². The highest BCUT2D eigenvalue weighted by molar-refractivity contribution is 5.75. The maximum Gasteiger partial charge on any atom is 0.242 e. The normalized spacial score (nSPS) is 23.2. The second-order valence-electron chi connectivity index (χ2n) is 5.26. The van der Waals surface area contributed by atoms with Gasteiger partial charge in [-0.2, -0.15) is 5.10 Å². The molecule has 0 saturated heterocycles. The van der Waals surface area contributed by atoms with Gasteiger partial charge in [0.25, 0.3) is 0 Å². The maximum absolute atomic E-state index is 11.7. The van der Waals surface area contributed by atoms with Crippen molar-refractivity contribution in [3.63, 3.8) is 0 Å². The SMILES string of the molecule is CC1(C)CCC(NC(=O)Cn2cncn2)C1. The molecular formula is C11H18N4O. The molecule has 1 unspecified atom stereocenters. The van der Waals surface area contributed by atoms with Gasteiger partial charge in [-0.25, -0.2) is 9.67 Å². The molecule has 1 aliphatic carbocycles. The van der Waals surface area contributed by atoms with E-state index in [0.717, 1.165) is 12.8 Å². The minimum absolute atomic E-state index is 0.0215. The number of carbonyl (C=O) groups excluding carboxylic acids is 1. The lowest BCUT2D eigenvalue weighted by Crippen LogP contribution is -2.36. The highest BCUT2D eigenvalue weighted by atomic mass is 16.2. The average molecular weight is 222 g/mol. The van der Waals surface area contributed by atoms with E-state index in [1.807, 2.05) is 0 Å². The van der Waals surface area contributed by atoms with Crippen molar-refractivity contribution in [2.24, 2.45) is 5.41 Å². The predicted octanol–water partition coefficient (Wildman–Crippen LogP) is 0.973. The molecule has 5 nitrogen and oxygen atoms in total. The molecule has 0 aromatic carbocycles. The van der Waals surface area contributed by atoms with Crippen LogP contribution < -0.4 is 5.32 Å². The van der Waals surface area contributed by atoms with E-state index in [1.165, 1.54) is 17.4 Å². The Bertz CT molecular complexity index is 358. The van der Waals surface area contributed by atoms with Crippen molar-refractivity contribution >= 4 is 5.91 Å². The van der Waals surface area contributed by atoms with E-state index in [2.05, 4.69) is 29.2 Å². The fraction of sp³-hybridized carbons (Fsp3) is 0.727. The number of amides is 1. The van der Waals surface area contributed by atoms with Gasteiger partial charge >= 0.3 is 0 Å². The molecule has 1 fully saturated rings. The summed E-state index contributed by atoms with van der Waals surface area (Å²) >= 11 is 0. The smallest absolute Gasteiger partial charge is 0.242 e. The lowest BCUT2D eigenvalue weighted by Gasteiger charge is -2.17. The first-order valence-electron chi connectivity index (χ1n) is 5.67. The first kappa shape index (κ1) is 11.1. The number of carbonyl (C=O) groups is 1. The summed E-state index contributed by atoms with van der Waals surface area (Å²) in [6, 6.07) is 0.325. The van der Waals surface area contributed by atoms with Gasteiger partial charge in [0, 0.05) is 6.04 Å². The summed E-state index contributed by atoms with van der Waals surface area (Å²) < 4.78 is 1.54. The summed E-state index contributed by atoms with van der Waals surface area (Å²) in [5.74, 6) is 0.0215.